The molecule has 4 rings (SSSR count). The zero-order valence-electron chi connectivity index (χ0n) is 19.1. The highest BCUT2D eigenvalue weighted by Gasteiger charge is 2.46. The fourth-order valence-corrected chi connectivity index (χ4v) is 5.64. The Morgan fingerprint density at radius 1 is 0.912 bits per heavy atom. The number of sulfone groups is 1. The smallest absolute Gasteiger partial charge is 0.290 e. The molecule has 1 N–H and O–H groups in total. The van der Waals surface area contributed by atoms with Crippen molar-refractivity contribution in [3.05, 3.63) is 100 Å². The number of aliphatic hydroxyl groups excluding tert-OH is 1. The highest BCUT2D eigenvalue weighted by atomic mass is 32.2. The number of carbonyl (C=O) groups excluding carboxylic acids is 1. The number of hydrogen-bond donors (Lipinski definition) is 1. The van der Waals surface area contributed by atoms with E-state index in [2.05, 4.69) is 0 Å². The lowest BCUT2D eigenvalue weighted by Crippen LogP contribution is -2.30. The largest absolute Gasteiger partial charge is 0.502 e. The van der Waals surface area contributed by atoms with E-state index in [-0.39, 0.29) is 16.3 Å². The van der Waals surface area contributed by atoms with Gasteiger partial charge in [-0.05, 0) is 54.4 Å². The molecule has 3 aromatic carbocycles. The summed E-state index contributed by atoms with van der Waals surface area (Å²) in [7, 11) is -1.11. The molecule has 0 spiro atoms. The van der Waals surface area contributed by atoms with Gasteiger partial charge in [0, 0.05) is 6.54 Å². The standard InChI is InChI=1S/C26H25NO6S/c1-17-7-13-22(14-8-17)34(30,31)25-23(19-9-11-20(32-2)12-10-19)27(26(29)24(25)28)16-18-5-4-6-21(15-18)33-3/h4-15,23,28H,16H2,1-3H3/t23-/m1/s1. The van der Waals surface area contributed by atoms with E-state index in [1.165, 1.54) is 24.1 Å². The average Bonchev–Trinajstić information content (AvgIpc) is 3.10. The van der Waals surface area contributed by atoms with Crippen LogP contribution >= 0.6 is 0 Å². The van der Waals surface area contributed by atoms with E-state index in [1.807, 2.05) is 13.0 Å². The molecule has 8 heteroatoms. The van der Waals surface area contributed by atoms with E-state index in [4.69, 9.17) is 9.47 Å². The molecule has 7 nitrogen and oxygen atoms in total. The van der Waals surface area contributed by atoms with Crippen molar-refractivity contribution in [2.24, 2.45) is 0 Å². The predicted octanol–water partition coefficient (Wildman–Crippen LogP) is 4.34. The number of aliphatic hydroxyl groups is 1. The summed E-state index contributed by atoms with van der Waals surface area (Å²) in [4.78, 5) is 14.2. The number of benzene rings is 3. The first-order chi connectivity index (χ1) is 16.3. The third-order valence-corrected chi connectivity index (χ3v) is 7.68. The summed E-state index contributed by atoms with van der Waals surface area (Å²) in [5.74, 6) is -0.336. The van der Waals surface area contributed by atoms with Gasteiger partial charge in [-0.1, -0.05) is 42.0 Å². The minimum Gasteiger partial charge on any atom is -0.502 e. The van der Waals surface area contributed by atoms with Gasteiger partial charge in [-0.15, -0.1) is 0 Å². The van der Waals surface area contributed by atoms with Gasteiger partial charge in [-0.25, -0.2) is 8.42 Å². The normalized spacial score (nSPS) is 16.1. The van der Waals surface area contributed by atoms with Crippen LogP contribution in [0.25, 0.3) is 0 Å². The summed E-state index contributed by atoms with van der Waals surface area (Å²) in [6, 6.07) is 19.2. The van der Waals surface area contributed by atoms with Crippen molar-refractivity contribution in [3.8, 4) is 11.5 Å². The number of methoxy groups -OCH3 is 2. The van der Waals surface area contributed by atoms with Crippen molar-refractivity contribution in [1.82, 2.24) is 4.90 Å². The van der Waals surface area contributed by atoms with Crippen molar-refractivity contribution in [1.29, 1.82) is 0 Å². The van der Waals surface area contributed by atoms with Gasteiger partial charge in [0.15, 0.2) is 5.76 Å². The number of rotatable bonds is 7. The van der Waals surface area contributed by atoms with Gasteiger partial charge in [-0.2, -0.15) is 0 Å². The maximum absolute atomic E-state index is 13.7. The molecular formula is C26H25NO6S. The van der Waals surface area contributed by atoms with Gasteiger partial charge >= 0.3 is 0 Å². The fourth-order valence-electron chi connectivity index (χ4n) is 4.00. The second-order valence-electron chi connectivity index (χ2n) is 7.99. The van der Waals surface area contributed by atoms with E-state index in [0.717, 1.165) is 11.1 Å². The van der Waals surface area contributed by atoms with Crippen molar-refractivity contribution in [2.75, 3.05) is 14.2 Å². The Morgan fingerprint density at radius 2 is 1.56 bits per heavy atom. The second-order valence-corrected chi connectivity index (χ2v) is 9.91. The molecule has 1 heterocycles. The molecule has 0 aliphatic carbocycles. The van der Waals surface area contributed by atoms with Gasteiger partial charge < -0.3 is 19.5 Å². The Kier molecular flexibility index (Phi) is 6.34. The number of carbonyl (C=O) groups is 1. The van der Waals surface area contributed by atoms with Crippen LogP contribution in [0.1, 0.15) is 22.7 Å². The highest BCUT2D eigenvalue weighted by molar-refractivity contribution is 7.95. The van der Waals surface area contributed by atoms with Crippen LogP contribution in [-0.4, -0.2) is 38.6 Å². The molecule has 1 amide bonds. The molecule has 0 radical (unpaired) electrons. The van der Waals surface area contributed by atoms with E-state index < -0.39 is 27.5 Å². The summed E-state index contributed by atoms with van der Waals surface area (Å²) >= 11 is 0. The Bertz CT molecular complexity index is 1340. The lowest BCUT2D eigenvalue weighted by atomic mass is 10.1. The van der Waals surface area contributed by atoms with E-state index in [1.54, 1.807) is 61.7 Å². The van der Waals surface area contributed by atoms with E-state index in [9.17, 15) is 18.3 Å². The summed E-state index contributed by atoms with van der Waals surface area (Å²) in [5, 5.41) is 10.9. The van der Waals surface area contributed by atoms with Crippen molar-refractivity contribution >= 4 is 15.7 Å². The SMILES string of the molecule is COc1ccc([C@@H]2C(S(=O)(=O)c3ccc(C)cc3)=C(O)C(=O)N2Cc2cccc(OC)c2)cc1. The van der Waals surface area contributed by atoms with Crippen LogP contribution in [0.15, 0.2) is 88.4 Å². The first-order valence-electron chi connectivity index (χ1n) is 10.6. The van der Waals surface area contributed by atoms with Crippen molar-refractivity contribution in [3.63, 3.8) is 0 Å². The summed E-state index contributed by atoms with van der Waals surface area (Å²) in [6.07, 6.45) is 0. The molecule has 0 saturated carbocycles. The molecule has 1 aliphatic rings. The molecule has 0 fully saturated rings. The minimum absolute atomic E-state index is 0.00851. The third kappa shape index (κ3) is 4.24. The molecule has 176 valence electrons. The molecular weight excluding hydrogens is 454 g/mol. The van der Waals surface area contributed by atoms with E-state index >= 15 is 0 Å². The lowest BCUT2D eigenvalue weighted by molar-refractivity contribution is -0.130. The fraction of sp³-hybridized carbons (Fsp3) is 0.192. The van der Waals surface area contributed by atoms with Crippen LogP contribution in [0.3, 0.4) is 0 Å². The van der Waals surface area contributed by atoms with Crippen LogP contribution in [0, 0.1) is 6.92 Å². The third-order valence-electron chi connectivity index (χ3n) is 5.80. The Labute approximate surface area is 198 Å². The van der Waals surface area contributed by atoms with Gasteiger partial charge in [0.2, 0.25) is 9.84 Å². The molecule has 1 aliphatic heterocycles. The van der Waals surface area contributed by atoms with Gasteiger partial charge in [-0.3, -0.25) is 4.79 Å². The molecule has 0 aromatic heterocycles. The summed E-state index contributed by atoms with van der Waals surface area (Å²) in [6.45, 7) is 1.92. The zero-order valence-corrected chi connectivity index (χ0v) is 19.9. The number of aryl methyl sites for hydroxylation is 1. The first-order valence-corrected chi connectivity index (χ1v) is 12.1. The zero-order chi connectivity index (χ0) is 24.5. The van der Waals surface area contributed by atoms with Gasteiger partial charge in [0.25, 0.3) is 5.91 Å². The minimum atomic E-state index is -4.18. The van der Waals surface area contributed by atoms with Crippen molar-refractivity contribution in [2.45, 2.75) is 24.4 Å². The molecule has 0 bridgehead atoms. The molecule has 1 atom stereocenters. The maximum atomic E-state index is 13.7. The quantitative estimate of drug-likeness (QED) is 0.542. The lowest BCUT2D eigenvalue weighted by Gasteiger charge is -2.27. The Balaban J connectivity index is 1.84. The first kappa shape index (κ1) is 23.4. The van der Waals surface area contributed by atoms with Gasteiger partial charge in [0.05, 0.1) is 25.2 Å². The summed E-state index contributed by atoms with van der Waals surface area (Å²) < 4.78 is 37.8. The average molecular weight is 480 g/mol. The number of ether oxygens (including phenoxy) is 2. The molecule has 0 unspecified atom stereocenters. The summed E-state index contributed by atoms with van der Waals surface area (Å²) in [5.41, 5.74) is 2.16. The second kappa shape index (κ2) is 9.23. The predicted molar refractivity (Wildman–Crippen MR) is 127 cm³/mol. The topological polar surface area (TPSA) is 93.1 Å². The molecule has 3 aromatic rings. The molecule has 0 saturated heterocycles. The Morgan fingerprint density at radius 3 is 2.18 bits per heavy atom. The number of nitrogens with zero attached hydrogens (tertiary/aromatic N) is 1. The number of hydrogen-bond acceptors (Lipinski definition) is 6. The van der Waals surface area contributed by atoms with Crippen LogP contribution < -0.4 is 9.47 Å². The van der Waals surface area contributed by atoms with Crippen LogP contribution in [-0.2, 0) is 21.2 Å². The molecule has 34 heavy (non-hydrogen) atoms. The highest BCUT2D eigenvalue weighted by Crippen LogP contribution is 2.43. The Hall–Kier alpha value is -3.78. The van der Waals surface area contributed by atoms with Crippen LogP contribution in [0.2, 0.25) is 0 Å². The van der Waals surface area contributed by atoms with Crippen LogP contribution in [0.5, 0.6) is 11.5 Å². The van der Waals surface area contributed by atoms with E-state index in [0.29, 0.717) is 17.1 Å². The van der Waals surface area contributed by atoms with Crippen molar-refractivity contribution < 1.29 is 27.8 Å². The van der Waals surface area contributed by atoms with Crippen LogP contribution in [0.4, 0.5) is 0 Å². The maximum Gasteiger partial charge on any atom is 0.290 e. The monoisotopic (exact) mass is 479 g/mol. The van der Waals surface area contributed by atoms with Gasteiger partial charge in [0.1, 0.15) is 16.4 Å². The number of amides is 1.